The first kappa shape index (κ1) is 22.6. The molecule has 0 spiro atoms. The normalized spacial score (nSPS) is 10.7. The van der Waals surface area contributed by atoms with Crippen molar-refractivity contribution in [3.63, 3.8) is 0 Å². The second-order valence-electron chi connectivity index (χ2n) is 7.25. The number of rotatable bonds is 7. The topological polar surface area (TPSA) is 88.5 Å². The van der Waals surface area contributed by atoms with Gasteiger partial charge in [-0.25, -0.2) is 4.79 Å². The second kappa shape index (κ2) is 9.91. The fourth-order valence-corrected chi connectivity index (χ4v) is 3.41. The average Bonchev–Trinajstić information content (AvgIpc) is 2.84. The van der Waals surface area contributed by atoms with E-state index in [1.54, 1.807) is 18.3 Å². The van der Waals surface area contributed by atoms with E-state index in [-0.39, 0.29) is 22.6 Å². The molecule has 4 aromatic rings. The molecule has 0 aliphatic heterocycles. The lowest BCUT2D eigenvalue weighted by molar-refractivity contribution is -0.0498. The molecular formula is C26H18F2N2O4. The zero-order chi connectivity index (χ0) is 24.1. The van der Waals surface area contributed by atoms with Crippen molar-refractivity contribution in [1.82, 2.24) is 4.98 Å². The molecule has 0 saturated carbocycles. The quantitative estimate of drug-likeness (QED) is 0.355. The Morgan fingerprint density at radius 2 is 1.56 bits per heavy atom. The van der Waals surface area contributed by atoms with E-state index in [1.807, 2.05) is 30.3 Å². The molecule has 3 aromatic carbocycles. The van der Waals surface area contributed by atoms with E-state index in [2.05, 4.69) is 15.0 Å². The molecule has 170 valence electrons. The third-order valence-electron chi connectivity index (χ3n) is 5.00. The number of carboxylic acid groups (broad SMARTS) is 1. The number of carboxylic acids is 1. The van der Waals surface area contributed by atoms with Gasteiger partial charge in [0.1, 0.15) is 5.75 Å². The number of halogens is 2. The van der Waals surface area contributed by atoms with Gasteiger partial charge >= 0.3 is 12.6 Å². The van der Waals surface area contributed by atoms with Crippen LogP contribution in [0.4, 0.5) is 14.5 Å². The maximum Gasteiger partial charge on any atom is 0.387 e. The highest BCUT2D eigenvalue weighted by atomic mass is 19.3. The van der Waals surface area contributed by atoms with Gasteiger partial charge in [0.25, 0.3) is 5.91 Å². The number of aromatic nitrogens is 1. The van der Waals surface area contributed by atoms with E-state index >= 15 is 0 Å². The first-order valence-corrected chi connectivity index (χ1v) is 10.1. The summed E-state index contributed by atoms with van der Waals surface area (Å²) >= 11 is 0. The van der Waals surface area contributed by atoms with Crippen LogP contribution in [0.2, 0.25) is 0 Å². The summed E-state index contributed by atoms with van der Waals surface area (Å²) in [6, 6.07) is 21.4. The number of hydrogen-bond acceptors (Lipinski definition) is 4. The minimum absolute atomic E-state index is 0.0378. The number of anilines is 1. The van der Waals surface area contributed by atoms with Crippen LogP contribution in [0.15, 0.2) is 91.3 Å². The van der Waals surface area contributed by atoms with Gasteiger partial charge in [-0.3, -0.25) is 9.78 Å². The molecule has 4 rings (SSSR count). The summed E-state index contributed by atoms with van der Waals surface area (Å²) in [5.74, 6) is -1.81. The van der Waals surface area contributed by atoms with Crippen molar-refractivity contribution in [3.8, 4) is 28.0 Å². The van der Waals surface area contributed by atoms with Gasteiger partial charge in [0.15, 0.2) is 0 Å². The van der Waals surface area contributed by atoms with E-state index in [4.69, 9.17) is 0 Å². The van der Waals surface area contributed by atoms with E-state index in [0.29, 0.717) is 11.1 Å². The van der Waals surface area contributed by atoms with E-state index < -0.39 is 18.5 Å². The predicted octanol–water partition coefficient (Wildman–Crippen LogP) is 5.97. The molecule has 0 saturated heterocycles. The smallest absolute Gasteiger partial charge is 0.387 e. The predicted molar refractivity (Wildman–Crippen MR) is 123 cm³/mol. The fraction of sp³-hybridized carbons (Fsp3) is 0.0385. The molecule has 0 aliphatic rings. The molecular weight excluding hydrogens is 442 g/mol. The number of nitrogens with one attached hydrogen (secondary N) is 1. The van der Waals surface area contributed by atoms with Crippen molar-refractivity contribution in [3.05, 3.63) is 102 Å². The molecule has 1 amide bonds. The molecule has 0 unspecified atom stereocenters. The van der Waals surface area contributed by atoms with Crippen LogP contribution in [0.1, 0.15) is 20.7 Å². The molecule has 0 fully saturated rings. The molecule has 0 bridgehead atoms. The number of amides is 1. The van der Waals surface area contributed by atoms with Gasteiger partial charge in [0, 0.05) is 18.0 Å². The Labute approximate surface area is 193 Å². The van der Waals surface area contributed by atoms with Gasteiger partial charge < -0.3 is 15.2 Å². The third kappa shape index (κ3) is 5.24. The van der Waals surface area contributed by atoms with Crippen molar-refractivity contribution in [2.24, 2.45) is 0 Å². The Morgan fingerprint density at radius 1 is 0.824 bits per heavy atom. The summed E-state index contributed by atoms with van der Waals surface area (Å²) < 4.78 is 29.6. The standard InChI is InChI=1S/C26H18F2N2O4/c27-26(28)34-21-8-4-7-17(12-21)18-9-10-22(25(32)33)23(13-18)30-24(31)20-11-19(14-29-15-20)16-5-2-1-3-6-16/h1-15,26H,(H,30,31)(H,32,33). The lowest BCUT2D eigenvalue weighted by Gasteiger charge is -2.12. The number of benzene rings is 3. The van der Waals surface area contributed by atoms with Crippen molar-refractivity contribution in [2.45, 2.75) is 6.61 Å². The molecule has 0 radical (unpaired) electrons. The highest BCUT2D eigenvalue weighted by Crippen LogP contribution is 2.29. The van der Waals surface area contributed by atoms with Crippen LogP contribution < -0.4 is 10.1 Å². The molecule has 6 nitrogen and oxygen atoms in total. The van der Waals surface area contributed by atoms with Crippen LogP contribution in [0, 0.1) is 0 Å². The Bertz CT molecular complexity index is 1340. The SMILES string of the molecule is O=C(Nc1cc(-c2cccc(OC(F)F)c2)ccc1C(=O)O)c1cncc(-c2ccccc2)c1. The summed E-state index contributed by atoms with van der Waals surface area (Å²) in [5, 5.41) is 12.2. The Morgan fingerprint density at radius 3 is 2.29 bits per heavy atom. The van der Waals surface area contributed by atoms with Crippen molar-refractivity contribution in [2.75, 3.05) is 5.32 Å². The zero-order valence-corrected chi connectivity index (χ0v) is 17.6. The minimum atomic E-state index is -2.97. The van der Waals surface area contributed by atoms with Crippen LogP contribution in [-0.2, 0) is 0 Å². The van der Waals surface area contributed by atoms with E-state index in [1.165, 1.54) is 42.6 Å². The van der Waals surface area contributed by atoms with E-state index in [9.17, 15) is 23.5 Å². The number of nitrogens with zero attached hydrogens (tertiary/aromatic N) is 1. The lowest BCUT2D eigenvalue weighted by atomic mass is 10.0. The van der Waals surface area contributed by atoms with Crippen LogP contribution in [0.25, 0.3) is 22.3 Å². The first-order chi connectivity index (χ1) is 16.4. The number of pyridine rings is 1. The highest BCUT2D eigenvalue weighted by Gasteiger charge is 2.16. The van der Waals surface area contributed by atoms with Crippen LogP contribution >= 0.6 is 0 Å². The maximum absolute atomic E-state index is 12.9. The van der Waals surface area contributed by atoms with Gasteiger partial charge in [-0.1, -0.05) is 48.5 Å². The van der Waals surface area contributed by atoms with Gasteiger partial charge in [0.05, 0.1) is 16.8 Å². The number of carbonyl (C=O) groups excluding carboxylic acids is 1. The third-order valence-corrected chi connectivity index (χ3v) is 5.00. The summed E-state index contributed by atoms with van der Waals surface area (Å²) in [7, 11) is 0. The minimum Gasteiger partial charge on any atom is -0.478 e. The maximum atomic E-state index is 12.9. The summed E-state index contributed by atoms with van der Waals surface area (Å²) in [5.41, 5.74) is 2.81. The Hall–Kier alpha value is -4.59. The average molecular weight is 460 g/mol. The first-order valence-electron chi connectivity index (χ1n) is 10.1. The van der Waals surface area contributed by atoms with Gasteiger partial charge in [-0.15, -0.1) is 0 Å². The largest absolute Gasteiger partial charge is 0.478 e. The highest BCUT2D eigenvalue weighted by molar-refractivity contribution is 6.08. The van der Waals surface area contributed by atoms with Crippen LogP contribution in [0.3, 0.4) is 0 Å². The fourth-order valence-electron chi connectivity index (χ4n) is 3.41. The number of ether oxygens (including phenoxy) is 1. The lowest BCUT2D eigenvalue weighted by Crippen LogP contribution is -2.15. The summed E-state index contributed by atoms with van der Waals surface area (Å²) in [6.45, 7) is -2.97. The number of hydrogen-bond donors (Lipinski definition) is 2. The van der Waals surface area contributed by atoms with Gasteiger partial charge in [0.2, 0.25) is 0 Å². The summed E-state index contributed by atoms with van der Waals surface area (Å²) in [4.78, 5) is 28.8. The van der Waals surface area contributed by atoms with Crippen molar-refractivity contribution in [1.29, 1.82) is 0 Å². The molecule has 8 heteroatoms. The van der Waals surface area contributed by atoms with E-state index in [0.717, 1.165) is 11.1 Å². The van der Waals surface area contributed by atoms with Crippen molar-refractivity contribution >= 4 is 17.6 Å². The summed E-state index contributed by atoms with van der Waals surface area (Å²) in [6.07, 6.45) is 3.01. The molecule has 1 heterocycles. The Balaban J connectivity index is 1.65. The number of alkyl halides is 2. The van der Waals surface area contributed by atoms with Gasteiger partial charge in [-0.05, 0) is 47.0 Å². The zero-order valence-electron chi connectivity index (χ0n) is 17.6. The molecule has 1 aromatic heterocycles. The van der Waals surface area contributed by atoms with Crippen LogP contribution in [-0.4, -0.2) is 28.6 Å². The molecule has 34 heavy (non-hydrogen) atoms. The second-order valence-corrected chi connectivity index (χ2v) is 7.25. The van der Waals surface area contributed by atoms with Gasteiger partial charge in [-0.2, -0.15) is 8.78 Å². The monoisotopic (exact) mass is 460 g/mol. The van der Waals surface area contributed by atoms with Crippen LogP contribution in [0.5, 0.6) is 5.75 Å². The molecule has 0 aliphatic carbocycles. The molecule has 0 atom stereocenters. The number of carbonyl (C=O) groups is 2. The Kier molecular flexibility index (Phi) is 6.59. The number of aromatic carboxylic acids is 1. The molecule has 2 N–H and O–H groups in total. The van der Waals surface area contributed by atoms with Crippen molar-refractivity contribution < 1.29 is 28.2 Å².